The molecular formula is C18H30N2. The van der Waals surface area contributed by atoms with E-state index in [1.54, 1.807) is 0 Å². The van der Waals surface area contributed by atoms with Crippen LogP contribution in [0.3, 0.4) is 0 Å². The average molecular weight is 274 g/mol. The van der Waals surface area contributed by atoms with Gasteiger partial charge in [0.15, 0.2) is 0 Å². The summed E-state index contributed by atoms with van der Waals surface area (Å²) in [7, 11) is 0. The quantitative estimate of drug-likeness (QED) is 0.763. The molecule has 0 radical (unpaired) electrons. The molecule has 0 saturated carbocycles. The lowest BCUT2D eigenvalue weighted by Crippen LogP contribution is -2.35. The van der Waals surface area contributed by atoms with Gasteiger partial charge in [-0.1, -0.05) is 39.0 Å². The van der Waals surface area contributed by atoms with Gasteiger partial charge in [-0.3, -0.25) is 0 Å². The van der Waals surface area contributed by atoms with Crippen LogP contribution in [-0.2, 0) is 6.42 Å². The molecule has 1 aliphatic heterocycles. The van der Waals surface area contributed by atoms with E-state index >= 15 is 0 Å². The minimum Gasteiger partial charge on any atom is -0.371 e. The van der Waals surface area contributed by atoms with Gasteiger partial charge in [0.05, 0.1) is 0 Å². The second-order valence-electron chi connectivity index (χ2n) is 6.69. The van der Waals surface area contributed by atoms with Gasteiger partial charge >= 0.3 is 0 Å². The Morgan fingerprint density at radius 3 is 2.85 bits per heavy atom. The van der Waals surface area contributed by atoms with Crippen LogP contribution in [0.4, 0.5) is 5.69 Å². The van der Waals surface area contributed by atoms with Gasteiger partial charge in [-0.15, -0.1) is 0 Å². The topological polar surface area (TPSA) is 15.3 Å². The van der Waals surface area contributed by atoms with Crippen molar-refractivity contribution >= 4 is 5.69 Å². The van der Waals surface area contributed by atoms with Crippen molar-refractivity contribution in [2.24, 2.45) is 11.8 Å². The predicted molar refractivity (Wildman–Crippen MR) is 88.5 cm³/mol. The van der Waals surface area contributed by atoms with Gasteiger partial charge in [-0.25, -0.2) is 0 Å². The number of para-hydroxylation sites is 1. The molecule has 2 nitrogen and oxygen atoms in total. The Morgan fingerprint density at radius 2 is 2.05 bits per heavy atom. The van der Waals surface area contributed by atoms with Crippen molar-refractivity contribution in [1.82, 2.24) is 5.32 Å². The molecule has 2 rings (SSSR count). The van der Waals surface area contributed by atoms with Crippen molar-refractivity contribution in [3.63, 3.8) is 0 Å². The fraction of sp³-hybridized carbons (Fsp3) is 0.667. The molecule has 1 aromatic rings. The molecule has 0 aromatic heterocycles. The summed E-state index contributed by atoms with van der Waals surface area (Å²) in [5.41, 5.74) is 3.00. The molecule has 1 N–H and O–H groups in total. The summed E-state index contributed by atoms with van der Waals surface area (Å²) in [6, 6.07) is 8.93. The molecule has 0 amide bonds. The number of hydrogen-bond donors (Lipinski definition) is 1. The summed E-state index contributed by atoms with van der Waals surface area (Å²) >= 11 is 0. The SMILES string of the molecule is CC(C)CNCCCCN1CC(C)Cc2ccccc21. The Bertz CT molecular complexity index is 400. The number of nitrogens with one attached hydrogen (secondary N) is 1. The molecule has 1 unspecified atom stereocenters. The fourth-order valence-electron chi connectivity index (χ4n) is 3.06. The molecule has 0 saturated heterocycles. The summed E-state index contributed by atoms with van der Waals surface area (Å²) in [4.78, 5) is 2.59. The van der Waals surface area contributed by atoms with E-state index in [2.05, 4.69) is 55.3 Å². The summed E-state index contributed by atoms with van der Waals surface area (Å²) in [5.74, 6) is 1.54. The minimum absolute atomic E-state index is 0.754. The van der Waals surface area contributed by atoms with Gasteiger partial charge in [-0.05, 0) is 55.8 Å². The summed E-state index contributed by atoms with van der Waals surface area (Å²) in [6.07, 6.45) is 3.80. The lowest BCUT2D eigenvalue weighted by Gasteiger charge is -2.35. The number of anilines is 1. The molecule has 2 heteroatoms. The van der Waals surface area contributed by atoms with Crippen molar-refractivity contribution in [2.45, 2.75) is 40.0 Å². The second-order valence-corrected chi connectivity index (χ2v) is 6.69. The van der Waals surface area contributed by atoms with Crippen LogP contribution in [0, 0.1) is 11.8 Å². The Kier molecular flexibility index (Phi) is 5.90. The molecule has 20 heavy (non-hydrogen) atoms. The zero-order valence-corrected chi connectivity index (χ0v) is 13.4. The maximum Gasteiger partial charge on any atom is 0.0398 e. The molecule has 0 aliphatic carbocycles. The van der Waals surface area contributed by atoms with E-state index in [1.165, 1.54) is 43.6 Å². The standard InChI is InChI=1S/C18H30N2/c1-15(2)13-19-10-6-7-11-20-14-16(3)12-17-8-4-5-9-18(17)20/h4-5,8-9,15-16,19H,6-7,10-14H2,1-3H3. The first kappa shape index (κ1) is 15.4. The van der Waals surface area contributed by atoms with Crippen LogP contribution in [0.15, 0.2) is 24.3 Å². The third-order valence-electron chi connectivity index (χ3n) is 4.02. The normalized spacial score (nSPS) is 18.4. The molecule has 1 aliphatic rings. The number of rotatable bonds is 7. The highest BCUT2D eigenvalue weighted by Crippen LogP contribution is 2.29. The minimum atomic E-state index is 0.754. The number of nitrogens with zero attached hydrogens (tertiary/aromatic N) is 1. The Morgan fingerprint density at radius 1 is 1.25 bits per heavy atom. The van der Waals surface area contributed by atoms with Crippen molar-refractivity contribution in [3.05, 3.63) is 29.8 Å². The van der Waals surface area contributed by atoms with Gasteiger partial charge < -0.3 is 10.2 Å². The Balaban J connectivity index is 1.76. The molecule has 1 heterocycles. The fourth-order valence-corrected chi connectivity index (χ4v) is 3.06. The van der Waals surface area contributed by atoms with E-state index < -0.39 is 0 Å². The number of unbranched alkanes of at least 4 members (excludes halogenated alkanes) is 1. The highest BCUT2D eigenvalue weighted by molar-refractivity contribution is 5.55. The van der Waals surface area contributed by atoms with E-state index in [1.807, 2.05) is 0 Å². The third kappa shape index (κ3) is 4.52. The first-order chi connectivity index (χ1) is 9.66. The highest BCUT2D eigenvalue weighted by atomic mass is 15.1. The summed E-state index contributed by atoms with van der Waals surface area (Å²) in [5, 5.41) is 3.53. The van der Waals surface area contributed by atoms with Gasteiger partial charge in [0.25, 0.3) is 0 Å². The maximum atomic E-state index is 3.53. The molecule has 0 bridgehead atoms. The molecule has 1 atom stereocenters. The molecular weight excluding hydrogens is 244 g/mol. The molecule has 112 valence electrons. The largest absolute Gasteiger partial charge is 0.371 e. The summed E-state index contributed by atoms with van der Waals surface area (Å²) in [6.45, 7) is 11.6. The number of fused-ring (bicyclic) bond motifs is 1. The molecule has 0 fully saturated rings. The van der Waals surface area contributed by atoms with Crippen LogP contribution < -0.4 is 10.2 Å². The predicted octanol–water partition coefficient (Wildman–Crippen LogP) is 3.71. The van der Waals surface area contributed by atoms with Crippen molar-refractivity contribution in [1.29, 1.82) is 0 Å². The van der Waals surface area contributed by atoms with Crippen LogP contribution in [0.2, 0.25) is 0 Å². The highest BCUT2D eigenvalue weighted by Gasteiger charge is 2.20. The second kappa shape index (κ2) is 7.68. The van der Waals surface area contributed by atoms with E-state index in [0.717, 1.165) is 24.9 Å². The van der Waals surface area contributed by atoms with Crippen LogP contribution in [-0.4, -0.2) is 26.2 Å². The number of hydrogen-bond acceptors (Lipinski definition) is 2. The van der Waals surface area contributed by atoms with Crippen molar-refractivity contribution in [2.75, 3.05) is 31.1 Å². The van der Waals surface area contributed by atoms with Gasteiger partial charge in [0.1, 0.15) is 0 Å². The van der Waals surface area contributed by atoms with E-state index in [4.69, 9.17) is 0 Å². The number of benzene rings is 1. The van der Waals surface area contributed by atoms with Gasteiger partial charge in [-0.2, -0.15) is 0 Å². The van der Waals surface area contributed by atoms with Crippen molar-refractivity contribution in [3.8, 4) is 0 Å². The van der Waals surface area contributed by atoms with Gasteiger partial charge in [0, 0.05) is 18.8 Å². The van der Waals surface area contributed by atoms with Crippen molar-refractivity contribution < 1.29 is 0 Å². The zero-order chi connectivity index (χ0) is 14.4. The van der Waals surface area contributed by atoms with E-state index in [-0.39, 0.29) is 0 Å². The smallest absolute Gasteiger partial charge is 0.0398 e. The summed E-state index contributed by atoms with van der Waals surface area (Å²) < 4.78 is 0. The van der Waals surface area contributed by atoms with Crippen LogP contribution in [0.5, 0.6) is 0 Å². The molecule has 1 aromatic carbocycles. The zero-order valence-electron chi connectivity index (χ0n) is 13.4. The molecule has 0 spiro atoms. The lowest BCUT2D eigenvalue weighted by molar-refractivity contribution is 0.508. The Labute approximate surface area is 124 Å². The third-order valence-corrected chi connectivity index (χ3v) is 4.02. The first-order valence-electron chi connectivity index (χ1n) is 8.20. The first-order valence-corrected chi connectivity index (χ1v) is 8.20. The van der Waals surface area contributed by atoms with Gasteiger partial charge in [0.2, 0.25) is 0 Å². The Hall–Kier alpha value is -1.02. The van der Waals surface area contributed by atoms with Crippen LogP contribution >= 0.6 is 0 Å². The maximum absolute atomic E-state index is 3.53. The van der Waals surface area contributed by atoms with E-state index in [9.17, 15) is 0 Å². The van der Waals surface area contributed by atoms with E-state index in [0.29, 0.717) is 0 Å². The average Bonchev–Trinajstić information content (AvgIpc) is 2.42. The van der Waals surface area contributed by atoms with Crippen LogP contribution in [0.1, 0.15) is 39.2 Å². The lowest BCUT2D eigenvalue weighted by atomic mass is 9.94. The van der Waals surface area contributed by atoms with Crippen LogP contribution in [0.25, 0.3) is 0 Å². The monoisotopic (exact) mass is 274 g/mol.